The number of aryl methyl sites for hydroxylation is 1. The van der Waals surface area contributed by atoms with Crippen LogP contribution in [-0.2, 0) is 14.1 Å². The van der Waals surface area contributed by atoms with Crippen LogP contribution in [0, 0.1) is 0 Å². The van der Waals surface area contributed by atoms with Crippen LogP contribution in [0.15, 0.2) is 64.3 Å². The second-order valence-electron chi connectivity index (χ2n) is 6.31. The van der Waals surface area contributed by atoms with E-state index in [1.165, 1.54) is 11.6 Å². The van der Waals surface area contributed by atoms with Gasteiger partial charge in [0.1, 0.15) is 5.75 Å². The van der Waals surface area contributed by atoms with Crippen molar-refractivity contribution in [3.05, 3.63) is 80.6 Å². The molecule has 1 N–H and O–H groups in total. The Morgan fingerprint density at radius 1 is 0.926 bits per heavy atom. The third kappa shape index (κ3) is 2.57. The van der Waals surface area contributed by atoms with Crippen LogP contribution in [0.25, 0.3) is 27.8 Å². The number of rotatable bonds is 2. The fourth-order valence-electron chi connectivity index (χ4n) is 3.29. The minimum absolute atomic E-state index is 0.0647. The van der Waals surface area contributed by atoms with E-state index in [2.05, 4.69) is 0 Å². The fraction of sp³-hybridized carbons (Fsp3) is 0.100. The van der Waals surface area contributed by atoms with E-state index in [-0.39, 0.29) is 5.75 Å². The number of hydrogen-bond donors (Lipinski definition) is 1. The summed E-state index contributed by atoms with van der Waals surface area (Å²) in [6.07, 6.45) is 1.69. The molecule has 136 valence electrons. The number of aromatic nitrogens is 3. The fourth-order valence-corrected chi connectivity index (χ4v) is 3.42. The maximum Gasteiger partial charge on any atom is 0.330 e. The Bertz CT molecular complexity index is 1300. The average Bonchev–Trinajstić information content (AvgIpc) is 3.06. The van der Waals surface area contributed by atoms with Crippen molar-refractivity contribution >= 4 is 22.5 Å². The molecule has 2 heterocycles. The van der Waals surface area contributed by atoms with Gasteiger partial charge in [0.05, 0.1) is 22.3 Å². The summed E-state index contributed by atoms with van der Waals surface area (Å²) in [5, 5.41) is 11.3. The first-order valence-electron chi connectivity index (χ1n) is 8.25. The van der Waals surface area contributed by atoms with E-state index in [9.17, 15) is 14.7 Å². The van der Waals surface area contributed by atoms with Crippen LogP contribution < -0.4 is 11.2 Å². The maximum atomic E-state index is 12.9. The van der Waals surface area contributed by atoms with E-state index >= 15 is 0 Å². The van der Waals surface area contributed by atoms with E-state index in [0.717, 1.165) is 10.1 Å². The molecule has 2 aromatic heterocycles. The molecule has 0 fully saturated rings. The minimum Gasteiger partial charge on any atom is -0.506 e. The van der Waals surface area contributed by atoms with Crippen LogP contribution in [0.2, 0.25) is 5.02 Å². The van der Waals surface area contributed by atoms with Crippen LogP contribution in [0.3, 0.4) is 0 Å². The lowest BCUT2D eigenvalue weighted by molar-refractivity contribution is 0.472. The van der Waals surface area contributed by atoms with Crippen molar-refractivity contribution in [3.8, 4) is 22.7 Å². The zero-order valence-electron chi connectivity index (χ0n) is 14.7. The van der Waals surface area contributed by atoms with E-state index in [4.69, 9.17) is 11.6 Å². The van der Waals surface area contributed by atoms with Gasteiger partial charge in [-0.25, -0.2) is 4.79 Å². The summed E-state index contributed by atoms with van der Waals surface area (Å²) < 4.78 is 4.23. The van der Waals surface area contributed by atoms with Gasteiger partial charge in [0.15, 0.2) is 0 Å². The zero-order valence-corrected chi connectivity index (χ0v) is 15.4. The summed E-state index contributed by atoms with van der Waals surface area (Å²) in [4.78, 5) is 25.3. The van der Waals surface area contributed by atoms with Gasteiger partial charge in [-0.2, -0.15) is 0 Å². The lowest BCUT2D eigenvalue weighted by atomic mass is 10.1. The van der Waals surface area contributed by atoms with Gasteiger partial charge in [0.2, 0.25) is 0 Å². The molecular weight excluding hydrogens is 366 g/mol. The van der Waals surface area contributed by atoms with Crippen LogP contribution in [0.4, 0.5) is 0 Å². The highest BCUT2D eigenvalue weighted by atomic mass is 35.5. The highest BCUT2D eigenvalue weighted by Crippen LogP contribution is 2.34. The number of phenols is 1. The molecule has 2 aromatic carbocycles. The van der Waals surface area contributed by atoms with Gasteiger partial charge in [0, 0.05) is 25.3 Å². The first-order valence-corrected chi connectivity index (χ1v) is 8.63. The van der Waals surface area contributed by atoms with Gasteiger partial charge in [-0.1, -0.05) is 35.9 Å². The largest absolute Gasteiger partial charge is 0.506 e. The first kappa shape index (κ1) is 17.2. The van der Waals surface area contributed by atoms with E-state index in [1.807, 2.05) is 0 Å². The van der Waals surface area contributed by atoms with Crippen molar-refractivity contribution in [2.75, 3.05) is 0 Å². The molecule has 0 spiro atoms. The molecule has 0 amide bonds. The molecule has 0 bridgehead atoms. The summed E-state index contributed by atoms with van der Waals surface area (Å²) in [7, 11) is 3.07. The van der Waals surface area contributed by atoms with Gasteiger partial charge in [-0.05, 0) is 29.8 Å². The van der Waals surface area contributed by atoms with Crippen molar-refractivity contribution in [1.82, 2.24) is 13.7 Å². The monoisotopic (exact) mass is 381 g/mol. The number of benzene rings is 2. The Hall–Kier alpha value is -3.25. The topological polar surface area (TPSA) is 69.2 Å². The molecule has 0 saturated carbocycles. The number of phenolic OH excluding ortho intramolecular Hbond substituents is 1. The first-order chi connectivity index (χ1) is 12.9. The third-order valence-electron chi connectivity index (χ3n) is 4.70. The number of aromatic hydroxyl groups is 1. The Kier molecular flexibility index (Phi) is 3.93. The molecule has 4 rings (SSSR count). The highest BCUT2D eigenvalue weighted by molar-refractivity contribution is 6.30. The molecule has 0 atom stereocenters. The van der Waals surface area contributed by atoms with Gasteiger partial charge < -0.3 is 9.67 Å². The van der Waals surface area contributed by atoms with Crippen LogP contribution in [-0.4, -0.2) is 18.8 Å². The Morgan fingerprint density at radius 3 is 2.26 bits per heavy atom. The Morgan fingerprint density at radius 2 is 1.59 bits per heavy atom. The van der Waals surface area contributed by atoms with E-state index < -0.39 is 11.2 Å². The van der Waals surface area contributed by atoms with Crippen LogP contribution >= 0.6 is 11.6 Å². The summed E-state index contributed by atoms with van der Waals surface area (Å²) >= 11 is 6.02. The smallest absolute Gasteiger partial charge is 0.330 e. The molecule has 0 unspecified atom stereocenters. The number of hydrogen-bond acceptors (Lipinski definition) is 3. The molecule has 0 aliphatic heterocycles. The minimum atomic E-state index is -0.412. The Labute approximate surface area is 159 Å². The van der Waals surface area contributed by atoms with Gasteiger partial charge in [-0.3, -0.25) is 13.9 Å². The summed E-state index contributed by atoms with van der Waals surface area (Å²) in [5.41, 5.74) is 1.51. The van der Waals surface area contributed by atoms with Gasteiger partial charge in [-0.15, -0.1) is 0 Å². The molecule has 4 aromatic rings. The molecule has 0 aliphatic rings. The molecule has 27 heavy (non-hydrogen) atoms. The molecule has 0 radical (unpaired) electrons. The van der Waals surface area contributed by atoms with Gasteiger partial charge >= 0.3 is 5.69 Å². The van der Waals surface area contributed by atoms with Crippen molar-refractivity contribution in [2.24, 2.45) is 14.1 Å². The number of nitrogens with zero attached hydrogens (tertiary/aromatic N) is 3. The van der Waals surface area contributed by atoms with Crippen molar-refractivity contribution in [1.29, 1.82) is 0 Å². The van der Waals surface area contributed by atoms with Crippen molar-refractivity contribution in [2.45, 2.75) is 0 Å². The quantitative estimate of drug-likeness (QED) is 0.580. The lowest BCUT2D eigenvalue weighted by Gasteiger charge is -2.11. The van der Waals surface area contributed by atoms with Crippen LogP contribution in [0.5, 0.6) is 5.75 Å². The van der Waals surface area contributed by atoms with Crippen molar-refractivity contribution in [3.63, 3.8) is 0 Å². The molecule has 6 nitrogen and oxygen atoms in total. The van der Waals surface area contributed by atoms with Gasteiger partial charge in [0.25, 0.3) is 5.56 Å². The molecular formula is C20H16ClN3O3. The van der Waals surface area contributed by atoms with Crippen molar-refractivity contribution < 1.29 is 5.11 Å². The lowest BCUT2D eigenvalue weighted by Crippen LogP contribution is -2.36. The highest BCUT2D eigenvalue weighted by Gasteiger charge is 2.21. The standard InChI is InChI=1S/C20H16ClN3O3/c1-22-15-11-24(14-5-3-4-6-16(14)25)18(12-7-9-13(21)10-8-12)17(15)19(26)23(2)20(22)27/h3-11,25H,1-2H3. The third-order valence-corrected chi connectivity index (χ3v) is 4.95. The normalized spacial score (nSPS) is 11.2. The van der Waals surface area contributed by atoms with E-state index in [0.29, 0.717) is 27.3 Å². The number of para-hydroxylation sites is 2. The number of fused-ring (bicyclic) bond motifs is 1. The summed E-state index contributed by atoms with van der Waals surface area (Å²) in [6.45, 7) is 0. The van der Waals surface area contributed by atoms with E-state index in [1.54, 1.807) is 66.3 Å². The summed E-state index contributed by atoms with van der Waals surface area (Å²) in [5.74, 6) is 0.0647. The molecule has 7 heteroatoms. The Balaban J connectivity index is 2.23. The predicted octanol–water partition coefficient (Wildman–Crippen LogP) is 3.05. The SMILES string of the molecule is Cn1c(=O)c2c(-c3ccc(Cl)cc3)n(-c3ccccc3O)cc2n(C)c1=O. The molecule has 0 aliphatic carbocycles. The molecule has 0 saturated heterocycles. The number of halogens is 1. The second-order valence-corrected chi connectivity index (χ2v) is 6.75. The van der Waals surface area contributed by atoms with Crippen LogP contribution in [0.1, 0.15) is 0 Å². The summed E-state index contributed by atoms with van der Waals surface area (Å²) in [6, 6.07) is 13.9. The average molecular weight is 382 g/mol. The second kappa shape index (κ2) is 6.17. The predicted molar refractivity (Wildman–Crippen MR) is 106 cm³/mol. The maximum absolute atomic E-state index is 12.9. The zero-order chi connectivity index (χ0) is 19.3.